The number of nitrogens with one attached hydrogen (secondary N) is 1. The zero-order chi connectivity index (χ0) is 14.9. The topological polar surface area (TPSA) is 72.2 Å². The van der Waals surface area contributed by atoms with Gasteiger partial charge in [0.2, 0.25) is 10.0 Å². The van der Waals surface area contributed by atoms with Crippen LogP contribution in [-0.2, 0) is 10.0 Å². The highest BCUT2D eigenvalue weighted by atomic mass is 32.2. The fourth-order valence-electron chi connectivity index (χ4n) is 2.86. The van der Waals surface area contributed by atoms with Crippen LogP contribution in [0.4, 0.5) is 5.69 Å². The molecule has 0 bridgehead atoms. The van der Waals surface area contributed by atoms with Gasteiger partial charge in [-0.15, -0.1) is 0 Å². The summed E-state index contributed by atoms with van der Waals surface area (Å²) in [5, 5.41) is 0. The average molecular weight is 296 g/mol. The molecule has 2 atom stereocenters. The first-order valence-corrected chi connectivity index (χ1v) is 8.66. The Morgan fingerprint density at radius 3 is 2.50 bits per heavy atom. The average Bonchev–Trinajstić information content (AvgIpc) is 2.77. The third-order valence-electron chi connectivity index (χ3n) is 4.49. The molecule has 20 heavy (non-hydrogen) atoms. The van der Waals surface area contributed by atoms with Gasteiger partial charge in [-0.25, -0.2) is 13.1 Å². The van der Waals surface area contributed by atoms with Crippen LogP contribution in [0.1, 0.15) is 37.3 Å². The lowest BCUT2D eigenvalue weighted by Crippen LogP contribution is -2.31. The van der Waals surface area contributed by atoms with Gasteiger partial charge in [0.15, 0.2) is 0 Å². The van der Waals surface area contributed by atoms with E-state index in [9.17, 15) is 8.42 Å². The summed E-state index contributed by atoms with van der Waals surface area (Å²) in [7, 11) is -3.52. The first-order chi connectivity index (χ1) is 9.31. The van der Waals surface area contributed by atoms with E-state index in [-0.39, 0.29) is 4.90 Å². The Hall–Kier alpha value is -1.07. The minimum atomic E-state index is -3.52. The summed E-state index contributed by atoms with van der Waals surface area (Å²) in [6, 6.07) is 3.38. The zero-order valence-electron chi connectivity index (χ0n) is 12.4. The summed E-state index contributed by atoms with van der Waals surface area (Å²) in [6.45, 7) is 6.52. The standard InChI is InChI=1S/C15H24N2O2S/c1-10-5-4-6-13(10)9-17-20(18,19)15-8-12(3)11(2)7-14(15)16/h7-8,10,13,17H,4-6,9,16H2,1-3H3. The molecule has 0 amide bonds. The maximum Gasteiger partial charge on any atom is 0.242 e. The van der Waals surface area contributed by atoms with Crippen molar-refractivity contribution in [3.8, 4) is 0 Å². The Bertz CT molecular complexity index is 596. The quantitative estimate of drug-likeness (QED) is 0.839. The number of nitrogens with two attached hydrogens (primary N) is 1. The largest absolute Gasteiger partial charge is 0.398 e. The van der Waals surface area contributed by atoms with Gasteiger partial charge in [-0.2, -0.15) is 0 Å². The summed E-state index contributed by atoms with van der Waals surface area (Å²) >= 11 is 0. The first-order valence-electron chi connectivity index (χ1n) is 7.17. The number of anilines is 1. The second-order valence-corrected chi connectivity index (χ2v) is 7.73. The summed E-state index contributed by atoms with van der Waals surface area (Å²) < 4.78 is 27.5. The summed E-state index contributed by atoms with van der Waals surface area (Å²) in [5.41, 5.74) is 8.13. The van der Waals surface area contributed by atoms with E-state index >= 15 is 0 Å². The predicted octanol–water partition coefficient (Wildman–Crippen LogP) is 2.60. The lowest BCUT2D eigenvalue weighted by molar-refractivity contribution is 0.414. The van der Waals surface area contributed by atoms with E-state index in [2.05, 4.69) is 11.6 Å². The van der Waals surface area contributed by atoms with E-state index in [1.54, 1.807) is 12.1 Å². The summed E-state index contributed by atoms with van der Waals surface area (Å²) in [4.78, 5) is 0.200. The molecule has 0 heterocycles. The van der Waals surface area contributed by atoms with Crippen molar-refractivity contribution in [3.63, 3.8) is 0 Å². The van der Waals surface area contributed by atoms with Gasteiger partial charge in [0.25, 0.3) is 0 Å². The van der Waals surface area contributed by atoms with Crippen molar-refractivity contribution < 1.29 is 8.42 Å². The van der Waals surface area contributed by atoms with Crippen LogP contribution in [0.3, 0.4) is 0 Å². The molecule has 1 aromatic carbocycles. The second-order valence-electron chi connectivity index (χ2n) is 5.99. The molecule has 1 saturated carbocycles. The maximum absolute atomic E-state index is 12.4. The first kappa shape index (κ1) is 15.3. The molecular formula is C15H24N2O2S. The van der Waals surface area contributed by atoms with E-state index in [0.29, 0.717) is 24.1 Å². The third kappa shape index (κ3) is 3.15. The van der Waals surface area contributed by atoms with E-state index < -0.39 is 10.0 Å². The van der Waals surface area contributed by atoms with Gasteiger partial charge >= 0.3 is 0 Å². The Labute approximate surface area is 121 Å². The van der Waals surface area contributed by atoms with Gasteiger partial charge in [0.1, 0.15) is 4.90 Å². The van der Waals surface area contributed by atoms with Crippen LogP contribution < -0.4 is 10.5 Å². The van der Waals surface area contributed by atoms with E-state index in [1.165, 1.54) is 12.8 Å². The molecule has 0 aliphatic heterocycles. The number of hydrogen-bond donors (Lipinski definition) is 2. The van der Waals surface area contributed by atoms with Crippen molar-refractivity contribution in [2.24, 2.45) is 11.8 Å². The lowest BCUT2D eigenvalue weighted by Gasteiger charge is -2.17. The summed E-state index contributed by atoms with van der Waals surface area (Å²) in [6.07, 6.45) is 3.49. The maximum atomic E-state index is 12.4. The van der Waals surface area contributed by atoms with Crippen molar-refractivity contribution in [1.29, 1.82) is 0 Å². The molecule has 0 spiro atoms. The van der Waals surface area contributed by atoms with Gasteiger partial charge in [0, 0.05) is 6.54 Å². The molecule has 2 rings (SSSR count). The Morgan fingerprint density at radius 2 is 1.90 bits per heavy atom. The van der Waals surface area contributed by atoms with Gasteiger partial charge in [-0.05, 0) is 55.4 Å². The molecule has 0 saturated heterocycles. The van der Waals surface area contributed by atoms with Crippen molar-refractivity contribution in [1.82, 2.24) is 4.72 Å². The predicted molar refractivity (Wildman–Crippen MR) is 82.0 cm³/mol. The molecule has 112 valence electrons. The monoisotopic (exact) mass is 296 g/mol. The highest BCUT2D eigenvalue weighted by Crippen LogP contribution is 2.31. The van der Waals surface area contributed by atoms with Crippen LogP contribution in [0.15, 0.2) is 17.0 Å². The Morgan fingerprint density at radius 1 is 1.25 bits per heavy atom. The molecule has 1 aromatic rings. The third-order valence-corrected chi connectivity index (χ3v) is 5.97. The molecular weight excluding hydrogens is 272 g/mol. The van der Waals surface area contributed by atoms with Crippen LogP contribution in [0.25, 0.3) is 0 Å². The fraction of sp³-hybridized carbons (Fsp3) is 0.600. The molecule has 0 radical (unpaired) electrons. The molecule has 1 aliphatic carbocycles. The van der Waals surface area contributed by atoms with E-state index in [1.807, 2.05) is 13.8 Å². The SMILES string of the molecule is Cc1cc(N)c(S(=O)(=O)NCC2CCCC2C)cc1C. The van der Waals surface area contributed by atoms with Crippen LogP contribution in [0, 0.1) is 25.7 Å². The molecule has 1 aliphatic rings. The Balaban J connectivity index is 2.16. The number of sulfonamides is 1. The van der Waals surface area contributed by atoms with Gasteiger partial charge in [-0.3, -0.25) is 0 Å². The highest BCUT2D eigenvalue weighted by Gasteiger charge is 2.26. The summed E-state index contributed by atoms with van der Waals surface area (Å²) in [5.74, 6) is 1.03. The molecule has 1 fully saturated rings. The number of hydrogen-bond acceptors (Lipinski definition) is 3. The zero-order valence-corrected chi connectivity index (χ0v) is 13.3. The van der Waals surface area contributed by atoms with E-state index in [4.69, 9.17) is 5.73 Å². The molecule has 3 N–H and O–H groups in total. The van der Waals surface area contributed by atoms with Crippen molar-refractivity contribution in [2.45, 2.75) is 44.9 Å². The van der Waals surface area contributed by atoms with Gasteiger partial charge in [0.05, 0.1) is 5.69 Å². The van der Waals surface area contributed by atoms with Crippen LogP contribution in [-0.4, -0.2) is 15.0 Å². The second kappa shape index (κ2) is 5.74. The fourth-order valence-corrected chi connectivity index (χ4v) is 4.15. The van der Waals surface area contributed by atoms with Gasteiger partial charge in [-0.1, -0.05) is 19.8 Å². The number of benzene rings is 1. The van der Waals surface area contributed by atoms with Crippen molar-refractivity contribution in [2.75, 3.05) is 12.3 Å². The number of rotatable bonds is 4. The normalized spacial score (nSPS) is 23.1. The van der Waals surface area contributed by atoms with Crippen molar-refractivity contribution in [3.05, 3.63) is 23.3 Å². The number of aryl methyl sites for hydroxylation is 2. The van der Waals surface area contributed by atoms with Crippen LogP contribution in [0.5, 0.6) is 0 Å². The van der Waals surface area contributed by atoms with Gasteiger partial charge < -0.3 is 5.73 Å². The molecule has 0 aromatic heterocycles. The van der Waals surface area contributed by atoms with Crippen LogP contribution >= 0.6 is 0 Å². The minimum absolute atomic E-state index is 0.200. The Kier molecular flexibility index (Phi) is 4.39. The molecule has 2 unspecified atom stereocenters. The number of nitrogen functional groups attached to an aromatic ring is 1. The highest BCUT2D eigenvalue weighted by molar-refractivity contribution is 7.89. The minimum Gasteiger partial charge on any atom is -0.398 e. The lowest BCUT2D eigenvalue weighted by atomic mass is 9.99. The van der Waals surface area contributed by atoms with Crippen molar-refractivity contribution >= 4 is 15.7 Å². The molecule has 4 nitrogen and oxygen atoms in total. The smallest absolute Gasteiger partial charge is 0.242 e. The van der Waals surface area contributed by atoms with E-state index in [0.717, 1.165) is 17.5 Å². The van der Waals surface area contributed by atoms with Crippen LogP contribution in [0.2, 0.25) is 0 Å². The molecule has 5 heteroatoms.